The van der Waals surface area contributed by atoms with Crippen LogP contribution in [0.15, 0.2) is 36.4 Å². The van der Waals surface area contributed by atoms with E-state index in [2.05, 4.69) is 9.97 Å². The molecule has 4 N–H and O–H groups in total. The number of pyridine rings is 2. The number of hydrogen-bond donors (Lipinski definition) is 2. The zero-order chi connectivity index (χ0) is 14.2. The number of anilines is 2. The predicted molar refractivity (Wildman–Crippen MR) is 83.2 cm³/mol. The molecular formula is C16H22N4. The second-order valence-electron chi connectivity index (χ2n) is 5.02. The fourth-order valence-electron chi connectivity index (χ4n) is 2.24. The Morgan fingerprint density at radius 1 is 0.650 bits per heavy atom. The Morgan fingerprint density at radius 2 is 1.10 bits per heavy atom. The van der Waals surface area contributed by atoms with Crippen LogP contribution in [0.1, 0.15) is 37.1 Å². The molecule has 0 aromatic carbocycles. The fraction of sp³-hybridized carbons (Fsp3) is 0.375. The van der Waals surface area contributed by atoms with Gasteiger partial charge < -0.3 is 11.5 Å². The first kappa shape index (κ1) is 14.3. The normalized spacial score (nSPS) is 10.6. The van der Waals surface area contributed by atoms with E-state index in [1.54, 1.807) is 0 Å². The predicted octanol–water partition coefficient (Wildman–Crippen LogP) is 2.99. The van der Waals surface area contributed by atoms with E-state index in [9.17, 15) is 0 Å². The van der Waals surface area contributed by atoms with Crippen LogP contribution in [0.5, 0.6) is 0 Å². The van der Waals surface area contributed by atoms with Gasteiger partial charge in [0, 0.05) is 11.4 Å². The Bertz CT molecular complexity index is 490. The molecule has 4 nitrogen and oxygen atoms in total. The summed E-state index contributed by atoms with van der Waals surface area (Å²) in [5.41, 5.74) is 13.5. The number of aromatic nitrogens is 2. The lowest BCUT2D eigenvalue weighted by Gasteiger charge is -2.03. The molecule has 0 amide bonds. The molecular weight excluding hydrogens is 248 g/mol. The van der Waals surface area contributed by atoms with Crippen molar-refractivity contribution in [3.05, 3.63) is 47.8 Å². The van der Waals surface area contributed by atoms with E-state index in [0.717, 1.165) is 37.1 Å². The summed E-state index contributed by atoms with van der Waals surface area (Å²) in [6.45, 7) is 0. The molecule has 2 aromatic heterocycles. The number of nitrogen functional groups attached to an aromatic ring is 2. The summed E-state index contributed by atoms with van der Waals surface area (Å²) in [7, 11) is 0. The van der Waals surface area contributed by atoms with Gasteiger partial charge in [0.15, 0.2) is 0 Å². The summed E-state index contributed by atoms with van der Waals surface area (Å²) >= 11 is 0. The molecule has 106 valence electrons. The third-order valence-corrected chi connectivity index (χ3v) is 3.27. The first-order valence-corrected chi connectivity index (χ1v) is 7.17. The number of nitrogens with zero attached hydrogens (tertiary/aromatic N) is 2. The smallest absolute Gasteiger partial charge is 0.123 e. The Kier molecular flexibility index (Phi) is 5.35. The van der Waals surface area contributed by atoms with Gasteiger partial charge in [0.2, 0.25) is 0 Å². The summed E-state index contributed by atoms with van der Waals surface area (Å²) in [6.07, 6.45) is 6.72. The van der Waals surface area contributed by atoms with E-state index >= 15 is 0 Å². The van der Waals surface area contributed by atoms with Crippen LogP contribution >= 0.6 is 0 Å². The van der Waals surface area contributed by atoms with Crippen molar-refractivity contribution in [2.45, 2.75) is 38.5 Å². The van der Waals surface area contributed by atoms with E-state index in [1.165, 1.54) is 12.8 Å². The van der Waals surface area contributed by atoms with Crippen LogP contribution in [-0.4, -0.2) is 9.97 Å². The SMILES string of the molecule is Nc1cccc(CCCCCCc2cccc(N)n2)n1. The average molecular weight is 270 g/mol. The molecule has 0 spiro atoms. The molecule has 20 heavy (non-hydrogen) atoms. The summed E-state index contributed by atoms with van der Waals surface area (Å²) < 4.78 is 0. The third kappa shape index (κ3) is 4.88. The minimum Gasteiger partial charge on any atom is -0.384 e. The van der Waals surface area contributed by atoms with Gasteiger partial charge in [0.05, 0.1) is 0 Å². The van der Waals surface area contributed by atoms with Gasteiger partial charge >= 0.3 is 0 Å². The highest BCUT2D eigenvalue weighted by atomic mass is 14.8. The highest BCUT2D eigenvalue weighted by Crippen LogP contribution is 2.10. The minimum atomic E-state index is 0.607. The zero-order valence-electron chi connectivity index (χ0n) is 11.8. The lowest BCUT2D eigenvalue weighted by atomic mass is 10.1. The van der Waals surface area contributed by atoms with Crippen LogP contribution in [-0.2, 0) is 12.8 Å². The Balaban J connectivity index is 1.60. The number of nitrogens with two attached hydrogens (primary N) is 2. The summed E-state index contributed by atoms with van der Waals surface area (Å²) in [5, 5.41) is 0. The van der Waals surface area contributed by atoms with Crippen LogP contribution in [0.25, 0.3) is 0 Å². The van der Waals surface area contributed by atoms with Gasteiger partial charge in [-0.15, -0.1) is 0 Å². The molecule has 0 saturated heterocycles. The molecule has 0 aliphatic heterocycles. The monoisotopic (exact) mass is 270 g/mol. The molecule has 4 heteroatoms. The van der Waals surface area contributed by atoms with E-state index in [1.807, 2.05) is 36.4 Å². The molecule has 0 aliphatic rings. The van der Waals surface area contributed by atoms with E-state index in [4.69, 9.17) is 11.5 Å². The van der Waals surface area contributed by atoms with Gasteiger partial charge in [0.25, 0.3) is 0 Å². The summed E-state index contributed by atoms with van der Waals surface area (Å²) in [4.78, 5) is 8.60. The molecule has 0 radical (unpaired) electrons. The van der Waals surface area contributed by atoms with Crippen LogP contribution in [0.3, 0.4) is 0 Å². The van der Waals surface area contributed by atoms with Crippen LogP contribution in [0.4, 0.5) is 11.6 Å². The first-order valence-electron chi connectivity index (χ1n) is 7.17. The van der Waals surface area contributed by atoms with Crippen molar-refractivity contribution in [2.24, 2.45) is 0 Å². The lowest BCUT2D eigenvalue weighted by Crippen LogP contribution is -1.96. The lowest BCUT2D eigenvalue weighted by molar-refractivity contribution is 0.632. The molecule has 2 aromatic rings. The highest BCUT2D eigenvalue weighted by Gasteiger charge is 1.98. The van der Waals surface area contributed by atoms with Crippen LogP contribution < -0.4 is 11.5 Å². The van der Waals surface area contributed by atoms with Gasteiger partial charge in [-0.25, -0.2) is 9.97 Å². The van der Waals surface area contributed by atoms with Crippen molar-refractivity contribution >= 4 is 11.6 Å². The Hall–Kier alpha value is -2.10. The molecule has 0 unspecified atom stereocenters. The Morgan fingerprint density at radius 3 is 1.50 bits per heavy atom. The molecule has 2 heterocycles. The Labute approximate surface area is 120 Å². The maximum Gasteiger partial charge on any atom is 0.123 e. The van der Waals surface area contributed by atoms with Gasteiger partial charge in [-0.05, 0) is 49.9 Å². The standard InChI is InChI=1S/C16H22N4/c17-15-11-5-9-13(19-15)7-3-1-2-4-8-14-10-6-12-16(18)20-14/h5-6,9-12H,1-4,7-8H2,(H2,17,19)(H2,18,20). The number of hydrogen-bond acceptors (Lipinski definition) is 4. The number of rotatable bonds is 7. The van der Waals surface area contributed by atoms with Gasteiger partial charge in [-0.2, -0.15) is 0 Å². The van der Waals surface area contributed by atoms with Crippen molar-refractivity contribution < 1.29 is 0 Å². The van der Waals surface area contributed by atoms with E-state index < -0.39 is 0 Å². The highest BCUT2D eigenvalue weighted by molar-refractivity contribution is 5.29. The number of unbranched alkanes of at least 4 members (excludes halogenated alkanes) is 3. The minimum absolute atomic E-state index is 0.607. The van der Waals surface area contributed by atoms with Crippen molar-refractivity contribution in [1.82, 2.24) is 9.97 Å². The zero-order valence-corrected chi connectivity index (χ0v) is 11.8. The van der Waals surface area contributed by atoms with Crippen molar-refractivity contribution in [1.29, 1.82) is 0 Å². The largest absolute Gasteiger partial charge is 0.384 e. The second kappa shape index (κ2) is 7.48. The van der Waals surface area contributed by atoms with Crippen molar-refractivity contribution in [3.8, 4) is 0 Å². The summed E-state index contributed by atoms with van der Waals surface area (Å²) in [6, 6.07) is 11.6. The maximum absolute atomic E-state index is 5.66. The van der Waals surface area contributed by atoms with Crippen molar-refractivity contribution in [3.63, 3.8) is 0 Å². The molecule has 0 aliphatic carbocycles. The molecule has 2 rings (SSSR count). The van der Waals surface area contributed by atoms with E-state index in [0.29, 0.717) is 11.6 Å². The summed E-state index contributed by atoms with van der Waals surface area (Å²) in [5.74, 6) is 1.21. The number of aryl methyl sites for hydroxylation is 2. The second-order valence-corrected chi connectivity index (χ2v) is 5.02. The average Bonchev–Trinajstić information content (AvgIpc) is 2.43. The van der Waals surface area contributed by atoms with Crippen LogP contribution in [0.2, 0.25) is 0 Å². The molecule has 0 atom stereocenters. The molecule has 0 fully saturated rings. The quantitative estimate of drug-likeness (QED) is 0.758. The van der Waals surface area contributed by atoms with Gasteiger partial charge in [-0.3, -0.25) is 0 Å². The van der Waals surface area contributed by atoms with Gasteiger partial charge in [0.1, 0.15) is 11.6 Å². The van der Waals surface area contributed by atoms with Crippen molar-refractivity contribution in [2.75, 3.05) is 11.5 Å². The first-order chi connectivity index (χ1) is 9.74. The molecule has 0 saturated carbocycles. The van der Waals surface area contributed by atoms with Gasteiger partial charge in [-0.1, -0.05) is 25.0 Å². The molecule has 0 bridgehead atoms. The van der Waals surface area contributed by atoms with Crippen LogP contribution in [0, 0.1) is 0 Å². The maximum atomic E-state index is 5.66. The van der Waals surface area contributed by atoms with E-state index in [-0.39, 0.29) is 0 Å². The third-order valence-electron chi connectivity index (χ3n) is 3.27. The topological polar surface area (TPSA) is 77.8 Å². The fourth-order valence-corrected chi connectivity index (χ4v) is 2.24.